The van der Waals surface area contributed by atoms with Crippen LogP contribution in [0.3, 0.4) is 0 Å². The summed E-state index contributed by atoms with van der Waals surface area (Å²) < 4.78 is 0.878. The molecule has 3 rings (SSSR count). The summed E-state index contributed by atoms with van der Waals surface area (Å²) in [5.41, 5.74) is 1.27. The lowest BCUT2D eigenvalue weighted by molar-refractivity contribution is 0.0698. The fourth-order valence-corrected chi connectivity index (χ4v) is 3.43. The molecule has 0 aromatic heterocycles. The molecule has 1 N–H and O–H groups in total. The van der Waals surface area contributed by atoms with Crippen molar-refractivity contribution in [1.29, 1.82) is 0 Å². The van der Waals surface area contributed by atoms with Gasteiger partial charge in [0.1, 0.15) is 0 Å². The van der Waals surface area contributed by atoms with Crippen LogP contribution < -0.4 is 5.32 Å². The number of nitrogens with zero attached hydrogens (tertiary/aromatic N) is 1. The molecular weight excluding hydrogens is 404 g/mol. The minimum atomic E-state index is -0.0798. The quantitative estimate of drug-likeness (QED) is 0.810. The van der Waals surface area contributed by atoms with E-state index >= 15 is 0 Å². The number of carbonyl (C=O) groups is 2. The van der Waals surface area contributed by atoms with E-state index in [0.29, 0.717) is 29.2 Å². The number of benzene rings is 2. The van der Waals surface area contributed by atoms with Gasteiger partial charge in [0.2, 0.25) is 0 Å². The molecule has 1 aliphatic heterocycles. The van der Waals surface area contributed by atoms with Gasteiger partial charge in [-0.1, -0.05) is 33.6 Å². The SMILES string of the molecule is O=C(NC1CCN(C(=O)c2ccc(Cl)cc2)CC1)c1cccc(Br)c1. The van der Waals surface area contributed by atoms with E-state index in [9.17, 15) is 9.59 Å². The Morgan fingerprint density at radius 1 is 1.04 bits per heavy atom. The number of hydrogen-bond acceptors (Lipinski definition) is 2. The first kappa shape index (κ1) is 18.0. The lowest BCUT2D eigenvalue weighted by atomic mass is 10.0. The lowest BCUT2D eigenvalue weighted by Crippen LogP contribution is -2.46. The Bertz CT molecular complexity index is 771. The van der Waals surface area contributed by atoms with Gasteiger partial charge in [0.05, 0.1) is 0 Å². The second-order valence-corrected chi connectivity index (χ2v) is 7.41. The highest BCUT2D eigenvalue weighted by atomic mass is 79.9. The van der Waals surface area contributed by atoms with E-state index in [1.165, 1.54) is 0 Å². The van der Waals surface area contributed by atoms with Crippen LogP contribution in [0.25, 0.3) is 0 Å². The van der Waals surface area contributed by atoms with Crippen LogP contribution in [0.15, 0.2) is 53.0 Å². The zero-order valence-electron chi connectivity index (χ0n) is 13.5. The lowest BCUT2D eigenvalue weighted by Gasteiger charge is -2.32. The third-order valence-corrected chi connectivity index (χ3v) is 5.04. The maximum absolute atomic E-state index is 12.5. The van der Waals surface area contributed by atoms with Crippen LogP contribution in [0.5, 0.6) is 0 Å². The van der Waals surface area contributed by atoms with E-state index in [-0.39, 0.29) is 17.9 Å². The number of likely N-dealkylation sites (tertiary alicyclic amines) is 1. The van der Waals surface area contributed by atoms with Crippen LogP contribution >= 0.6 is 27.5 Å². The van der Waals surface area contributed by atoms with Gasteiger partial charge in [0.15, 0.2) is 0 Å². The predicted molar refractivity (Wildman–Crippen MR) is 102 cm³/mol. The van der Waals surface area contributed by atoms with E-state index in [4.69, 9.17) is 11.6 Å². The van der Waals surface area contributed by atoms with E-state index in [2.05, 4.69) is 21.2 Å². The molecular formula is C19H18BrClN2O2. The van der Waals surface area contributed by atoms with E-state index < -0.39 is 0 Å². The summed E-state index contributed by atoms with van der Waals surface area (Å²) in [6, 6.07) is 14.3. The maximum atomic E-state index is 12.5. The molecule has 0 bridgehead atoms. The van der Waals surface area contributed by atoms with Gasteiger partial charge in [0, 0.05) is 39.8 Å². The summed E-state index contributed by atoms with van der Waals surface area (Å²) in [5.74, 6) is -0.0720. The third kappa shape index (κ3) is 4.61. The molecule has 130 valence electrons. The molecule has 1 fully saturated rings. The first-order chi connectivity index (χ1) is 12.0. The van der Waals surface area contributed by atoms with Crippen LogP contribution in [0.1, 0.15) is 33.6 Å². The molecule has 0 saturated carbocycles. The van der Waals surface area contributed by atoms with Gasteiger partial charge in [-0.05, 0) is 55.3 Å². The first-order valence-electron chi connectivity index (χ1n) is 8.14. The van der Waals surface area contributed by atoms with Crippen molar-refractivity contribution in [2.24, 2.45) is 0 Å². The number of amides is 2. The fraction of sp³-hybridized carbons (Fsp3) is 0.263. The molecule has 6 heteroatoms. The summed E-state index contributed by atoms with van der Waals surface area (Å²) in [4.78, 5) is 26.6. The zero-order valence-corrected chi connectivity index (χ0v) is 15.9. The van der Waals surface area contributed by atoms with Gasteiger partial charge in [0.25, 0.3) is 11.8 Å². The maximum Gasteiger partial charge on any atom is 0.253 e. The Kier molecular flexibility index (Phi) is 5.76. The van der Waals surface area contributed by atoms with Crippen molar-refractivity contribution in [1.82, 2.24) is 10.2 Å². The molecule has 0 aliphatic carbocycles. The number of carbonyl (C=O) groups excluding carboxylic acids is 2. The number of rotatable bonds is 3. The molecule has 4 nitrogen and oxygen atoms in total. The monoisotopic (exact) mass is 420 g/mol. The van der Waals surface area contributed by atoms with Crippen molar-refractivity contribution in [3.63, 3.8) is 0 Å². The van der Waals surface area contributed by atoms with Crippen molar-refractivity contribution >= 4 is 39.3 Å². The van der Waals surface area contributed by atoms with Crippen molar-refractivity contribution in [2.45, 2.75) is 18.9 Å². The largest absolute Gasteiger partial charge is 0.349 e. The highest BCUT2D eigenvalue weighted by Crippen LogP contribution is 2.17. The fourth-order valence-electron chi connectivity index (χ4n) is 2.90. The molecule has 25 heavy (non-hydrogen) atoms. The number of halogens is 2. The van der Waals surface area contributed by atoms with Gasteiger partial charge in [-0.3, -0.25) is 9.59 Å². The van der Waals surface area contributed by atoms with E-state index in [0.717, 1.165) is 17.3 Å². The van der Waals surface area contributed by atoms with Gasteiger partial charge in [-0.2, -0.15) is 0 Å². The first-order valence-corrected chi connectivity index (χ1v) is 9.31. The zero-order chi connectivity index (χ0) is 17.8. The Balaban J connectivity index is 1.54. The Morgan fingerprint density at radius 2 is 1.72 bits per heavy atom. The van der Waals surface area contributed by atoms with Crippen molar-refractivity contribution in [3.05, 3.63) is 69.2 Å². The standard InChI is InChI=1S/C19H18BrClN2O2/c20-15-3-1-2-14(12-15)18(24)22-17-8-10-23(11-9-17)19(25)13-4-6-16(21)7-5-13/h1-7,12,17H,8-11H2,(H,22,24). The average Bonchev–Trinajstić information content (AvgIpc) is 2.62. The van der Waals surface area contributed by atoms with Crippen molar-refractivity contribution in [3.8, 4) is 0 Å². The summed E-state index contributed by atoms with van der Waals surface area (Å²) in [6.07, 6.45) is 1.50. The van der Waals surface area contributed by atoms with E-state index in [1.54, 1.807) is 36.4 Å². The molecule has 2 aromatic carbocycles. The molecule has 2 amide bonds. The Labute approximate surface area is 160 Å². The second-order valence-electron chi connectivity index (χ2n) is 6.06. The average molecular weight is 422 g/mol. The van der Waals surface area contributed by atoms with Crippen molar-refractivity contribution < 1.29 is 9.59 Å². The molecule has 0 radical (unpaired) electrons. The predicted octanol–water partition coefficient (Wildman–Crippen LogP) is 4.14. The summed E-state index contributed by atoms with van der Waals surface area (Å²) in [7, 11) is 0. The molecule has 1 saturated heterocycles. The second kappa shape index (κ2) is 8.02. The Morgan fingerprint density at radius 3 is 2.36 bits per heavy atom. The van der Waals surface area contributed by atoms with Gasteiger partial charge >= 0.3 is 0 Å². The number of piperidine rings is 1. The van der Waals surface area contributed by atoms with Gasteiger partial charge in [-0.15, -0.1) is 0 Å². The highest BCUT2D eigenvalue weighted by Gasteiger charge is 2.24. The van der Waals surface area contributed by atoms with Crippen molar-refractivity contribution in [2.75, 3.05) is 13.1 Å². The summed E-state index contributed by atoms with van der Waals surface area (Å²) in [6.45, 7) is 1.26. The van der Waals surface area contributed by atoms with Crippen LogP contribution in [0.4, 0.5) is 0 Å². The van der Waals surface area contributed by atoms with E-state index in [1.807, 2.05) is 17.0 Å². The van der Waals surface area contributed by atoms with Crippen LogP contribution in [-0.2, 0) is 0 Å². The van der Waals surface area contributed by atoms with Gasteiger partial charge < -0.3 is 10.2 Å². The molecule has 2 aromatic rings. The van der Waals surface area contributed by atoms with Crippen LogP contribution in [-0.4, -0.2) is 35.8 Å². The molecule has 0 spiro atoms. The molecule has 0 atom stereocenters. The van der Waals surface area contributed by atoms with Crippen LogP contribution in [0.2, 0.25) is 5.02 Å². The number of hydrogen-bond donors (Lipinski definition) is 1. The van der Waals surface area contributed by atoms with Gasteiger partial charge in [-0.25, -0.2) is 0 Å². The van der Waals surface area contributed by atoms with Crippen LogP contribution in [0, 0.1) is 0 Å². The molecule has 0 unspecified atom stereocenters. The number of nitrogens with one attached hydrogen (secondary N) is 1. The third-order valence-electron chi connectivity index (χ3n) is 4.30. The Hall–Kier alpha value is -1.85. The minimum Gasteiger partial charge on any atom is -0.349 e. The minimum absolute atomic E-state index is 0.00781. The highest BCUT2D eigenvalue weighted by molar-refractivity contribution is 9.10. The smallest absolute Gasteiger partial charge is 0.253 e. The molecule has 1 heterocycles. The summed E-state index contributed by atoms with van der Waals surface area (Å²) in [5, 5.41) is 3.67. The normalized spacial score (nSPS) is 15.0. The molecule has 1 aliphatic rings. The summed E-state index contributed by atoms with van der Waals surface area (Å²) >= 11 is 9.24. The topological polar surface area (TPSA) is 49.4 Å².